The van der Waals surface area contributed by atoms with Crippen molar-refractivity contribution in [3.05, 3.63) is 35.9 Å². The third kappa shape index (κ3) is 2.66. The molecule has 1 aromatic carbocycles. The molecule has 82 valence electrons. The zero-order valence-electron chi connectivity index (χ0n) is 9.71. The Morgan fingerprint density at radius 2 is 1.93 bits per heavy atom. The normalized spacial score (nSPS) is 14.6. The van der Waals surface area contributed by atoms with Crippen LogP contribution in [0.1, 0.15) is 30.6 Å². The number of Topliss-reactive ketones (excluding diaryl/α,β-unsaturated/α-hetero) is 1. The van der Waals surface area contributed by atoms with Gasteiger partial charge in [0, 0.05) is 17.5 Å². The lowest BCUT2D eigenvalue weighted by Gasteiger charge is -2.26. The second kappa shape index (κ2) is 5.08. The predicted octanol–water partition coefficient (Wildman–Crippen LogP) is 2.51. The van der Waals surface area contributed by atoms with E-state index in [9.17, 15) is 4.79 Å². The predicted molar refractivity (Wildman–Crippen MR) is 63.1 cm³/mol. The molecule has 2 nitrogen and oxygen atoms in total. The molecule has 1 atom stereocenters. The van der Waals surface area contributed by atoms with Crippen LogP contribution in [0.15, 0.2) is 30.3 Å². The molecule has 0 heterocycles. The van der Waals surface area contributed by atoms with Gasteiger partial charge in [-0.2, -0.15) is 0 Å². The molecule has 0 amide bonds. The van der Waals surface area contributed by atoms with Crippen molar-refractivity contribution in [2.45, 2.75) is 20.3 Å². The molecule has 1 unspecified atom stereocenters. The van der Waals surface area contributed by atoms with E-state index in [1.54, 1.807) is 0 Å². The van der Waals surface area contributed by atoms with E-state index in [1.807, 2.05) is 44.3 Å². The highest BCUT2D eigenvalue weighted by Gasteiger charge is 2.30. The van der Waals surface area contributed by atoms with Crippen LogP contribution in [-0.2, 0) is 0 Å². The van der Waals surface area contributed by atoms with Gasteiger partial charge in [0.1, 0.15) is 0 Å². The first-order chi connectivity index (χ1) is 7.14. The number of carbonyl (C=O) groups excluding carboxylic acids is 1. The quantitative estimate of drug-likeness (QED) is 0.748. The number of ketones is 1. The summed E-state index contributed by atoms with van der Waals surface area (Å²) in [5, 5.41) is 3.09. The first-order valence-electron chi connectivity index (χ1n) is 5.38. The Morgan fingerprint density at radius 1 is 1.33 bits per heavy atom. The van der Waals surface area contributed by atoms with Gasteiger partial charge in [-0.1, -0.05) is 44.2 Å². The Morgan fingerprint density at radius 3 is 2.40 bits per heavy atom. The molecule has 2 heteroatoms. The summed E-state index contributed by atoms with van der Waals surface area (Å²) in [6, 6.07) is 9.50. The van der Waals surface area contributed by atoms with Crippen molar-refractivity contribution in [1.29, 1.82) is 0 Å². The van der Waals surface area contributed by atoms with Gasteiger partial charge in [0.05, 0.1) is 0 Å². The standard InChI is InChI=1S/C13H19NO/c1-4-13(2,10-14-3)12(15)11-8-6-5-7-9-11/h5-9,14H,4,10H2,1-3H3. The minimum Gasteiger partial charge on any atom is -0.319 e. The second-order valence-corrected chi connectivity index (χ2v) is 4.14. The summed E-state index contributed by atoms with van der Waals surface area (Å²) in [6.45, 7) is 4.79. The monoisotopic (exact) mass is 205 g/mol. The van der Waals surface area contributed by atoms with Gasteiger partial charge in [-0.15, -0.1) is 0 Å². The Labute approximate surface area is 91.7 Å². The Hall–Kier alpha value is -1.15. The van der Waals surface area contributed by atoms with Gasteiger partial charge < -0.3 is 5.32 Å². The number of hydrogen-bond donors (Lipinski definition) is 1. The molecule has 0 fully saturated rings. The fourth-order valence-corrected chi connectivity index (χ4v) is 1.69. The summed E-state index contributed by atoms with van der Waals surface area (Å²) >= 11 is 0. The van der Waals surface area contributed by atoms with Crippen LogP contribution in [-0.4, -0.2) is 19.4 Å². The zero-order chi connectivity index (χ0) is 11.3. The van der Waals surface area contributed by atoms with E-state index in [1.165, 1.54) is 0 Å². The van der Waals surface area contributed by atoms with Crippen molar-refractivity contribution >= 4 is 5.78 Å². The van der Waals surface area contributed by atoms with E-state index < -0.39 is 0 Å². The third-order valence-corrected chi connectivity index (χ3v) is 2.93. The van der Waals surface area contributed by atoms with E-state index in [0.29, 0.717) is 0 Å². The van der Waals surface area contributed by atoms with Crippen LogP contribution < -0.4 is 5.32 Å². The van der Waals surface area contributed by atoms with Crippen molar-refractivity contribution in [1.82, 2.24) is 5.32 Å². The molecule has 0 saturated carbocycles. The molecule has 0 aromatic heterocycles. The van der Waals surface area contributed by atoms with Crippen molar-refractivity contribution in [3.63, 3.8) is 0 Å². The summed E-state index contributed by atoms with van der Waals surface area (Å²) in [4.78, 5) is 12.2. The molecule has 0 aliphatic carbocycles. The summed E-state index contributed by atoms with van der Waals surface area (Å²) in [5.74, 6) is 0.222. The van der Waals surface area contributed by atoms with Crippen molar-refractivity contribution in [2.75, 3.05) is 13.6 Å². The first-order valence-corrected chi connectivity index (χ1v) is 5.38. The minimum absolute atomic E-state index is 0.222. The van der Waals surface area contributed by atoms with Crippen molar-refractivity contribution < 1.29 is 4.79 Å². The molecule has 1 N–H and O–H groups in total. The molecule has 15 heavy (non-hydrogen) atoms. The van der Waals surface area contributed by atoms with Gasteiger partial charge in [-0.05, 0) is 13.5 Å². The number of nitrogens with one attached hydrogen (secondary N) is 1. The summed E-state index contributed by atoms with van der Waals surface area (Å²) in [7, 11) is 1.88. The highest BCUT2D eigenvalue weighted by atomic mass is 16.1. The Kier molecular flexibility index (Phi) is 4.04. The van der Waals surface area contributed by atoms with E-state index in [-0.39, 0.29) is 11.2 Å². The molecule has 0 aliphatic heterocycles. The van der Waals surface area contributed by atoms with Gasteiger partial charge in [0.2, 0.25) is 0 Å². The van der Waals surface area contributed by atoms with Crippen LogP contribution in [0, 0.1) is 5.41 Å². The van der Waals surface area contributed by atoms with Gasteiger partial charge in [-0.3, -0.25) is 4.79 Å². The molecule has 0 radical (unpaired) electrons. The van der Waals surface area contributed by atoms with Gasteiger partial charge in [0.15, 0.2) is 5.78 Å². The van der Waals surface area contributed by atoms with Crippen LogP contribution in [0.2, 0.25) is 0 Å². The van der Waals surface area contributed by atoms with Crippen LogP contribution >= 0.6 is 0 Å². The summed E-state index contributed by atoms with van der Waals surface area (Å²) in [5.41, 5.74) is 0.507. The van der Waals surface area contributed by atoms with Crippen LogP contribution in [0.25, 0.3) is 0 Å². The van der Waals surface area contributed by atoms with E-state index in [4.69, 9.17) is 0 Å². The van der Waals surface area contributed by atoms with Crippen LogP contribution in [0.4, 0.5) is 0 Å². The molecule has 0 aliphatic rings. The van der Waals surface area contributed by atoms with Crippen LogP contribution in [0.3, 0.4) is 0 Å². The maximum Gasteiger partial charge on any atom is 0.169 e. The van der Waals surface area contributed by atoms with Gasteiger partial charge >= 0.3 is 0 Å². The lowest BCUT2D eigenvalue weighted by molar-refractivity contribution is 0.0810. The molecule has 0 saturated heterocycles. The fourth-order valence-electron chi connectivity index (χ4n) is 1.69. The largest absolute Gasteiger partial charge is 0.319 e. The van der Waals surface area contributed by atoms with E-state index in [2.05, 4.69) is 12.2 Å². The maximum absolute atomic E-state index is 12.2. The third-order valence-electron chi connectivity index (χ3n) is 2.93. The summed E-state index contributed by atoms with van der Waals surface area (Å²) < 4.78 is 0. The van der Waals surface area contributed by atoms with Crippen LogP contribution in [0.5, 0.6) is 0 Å². The van der Waals surface area contributed by atoms with Crippen molar-refractivity contribution in [2.24, 2.45) is 5.41 Å². The lowest BCUT2D eigenvalue weighted by atomic mass is 9.80. The topological polar surface area (TPSA) is 29.1 Å². The molecule has 0 bridgehead atoms. The van der Waals surface area contributed by atoms with Gasteiger partial charge in [0.25, 0.3) is 0 Å². The van der Waals surface area contributed by atoms with Crippen molar-refractivity contribution in [3.8, 4) is 0 Å². The number of carbonyl (C=O) groups is 1. The molecule has 1 aromatic rings. The second-order valence-electron chi connectivity index (χ2n) is 4.14. The molecular weight excluding hydrogens is 186 g/mol. The number of hydrogen-bond acceptors (Lipinski definition) is 2. The van der Waals surface area contributed by atoms with E-state index in [0.717, 1.165) is 18.5 Å². The highest BCUT2D eigenvalue weighted by molar-refractivity contribution is 6.00. The minimum atomic E-state index is -0.296. The Bertz CT molecular complexity index is 321. The first kappa shape index (κ1) is 11.9. The summed E-state index contributed by atoms with van der Waals surface area (Å²) in [6.07, 6.45) is 0.849. The molecule has 0 spiro atoms. The lowest BCUT2D eigenvalue weighted by Crippen LogP contribution is -2.36. The average Bonchev–Trinajstić information content (AvgIpc) is 2.29. The smallest absolute Gasteiger partial charge is 0.169 e. The Balaban J connectivity index is 2.92. The van der Waals surface area contributed by atoms with E-state index >= 15 is 0 Å². The van der Waals surface area contributed by atoms with Gasteiger partial charge in [-0.25, -0.2) is 0 Å². The fraction of sp³-hybridized carbons (Fsp3) is 0.462. The molecular formula is C13H19NO. The zero-order valence-corrected chi connectivity index (χ0v) is 9.71. The maximum atomic E-state index is 12.2. The number of benzene rings is 1. The average molecular weight is 205 g/mol. The SMILES string of the molecule is CCC(C)(CNC)C(=O)c1ccccc1. The highest BCUT2D eigenvalue weighted by Crippen LogP contribution is 2.25. The number of rotatable bonds is 5. The molecule has 1 rings (SSSR count).